The second-order valence-electron chi connectivity index (χ2n) is 3.95. The zero-order chi connectivity index (χ0) is 7.00. The van der Waals surface area contributed by atoms with E-state index in [1.807, 2.05) is 0 Å². The minimum atomic E-state index is -0.201. The van der Waals surface area contributed by atoms with Gasteiger partial charge in [-0.25, -0.2) is 0 Å². The maximum Gasteiger partial charge on any atom is 0.0489 e. The van der Waals surface area contributed by atoms with Crippen LogP contribution in [0.4, 0.5) is 0 Å². The smallest absolute Gasteiger partial charge is 0.0489 e. The summed E-state index contributed by atoms with van der Waals surface area (Å²) >= 11 is 0. The van der Waals surface area contributed by atoms with Crippen molar-refractivity contribution in [2.45, 2.75) is 25.5 Å². The van der Waals surface area contributed by atoms with Crippen LogP contribution in [0, 0.1) is 0 Å². The van der Waals surface area contributed by atoms with Gasteiger partial charge in [0.15, 0.2) is 0 Å². The molecule has 0 atom stereocenters. The van der Waals surface area contributed by atoms with Crippen LogP contribution in [0.25, 0.3) is 0 Å². The molecule has 0 aromatic rings. The molecule has 0 saturated heterocycles. The van der Waals surface area contributed by atoms with Crippen LogP contribution < -0.4 is 0 Å². The van der Waals surface area contributed by atoms with Crippen LogP contribution in [0.2, 0.25) is 0 Å². The Kier molecular flexibility index (Phi) is 2.21. The van der Waals surface area contributed by atoms with E-state index in [0.29, 0.717) is 4.75 Å². The molecule has 0 N–H and O–H groups in total. The van der Waals surface area contributed by atoms with Crippen molar-refractivity contribution < 1.29 is 0 Å². The first-order valence-corrected chi connectivity index (χ1v) is 8.24. The molecule has 0 radical (unpaired) electrons. The van der Waals surface area contributed by atoms with Crippen LogP contribution in [0.1, 0.15) is 20.8 Å². The van der Waals surface area contributed by atoms with E-state index in [1.165, 1.54) is 9.39 Å². The summed E-state index contributed by atoms with van der Waals surface area (Å²) in [7, 11) is 1.17. The van der Waals surface area contributed by atoms with Gasteiger partial charge in [-0.3, -0.25) is 9.48 Å². The van der Waals surface area contributed by atoms with E-state index < -0.39 is 0 Å². The van der Waals surface area contributed by atoms with Crippen molar-refractivity contribution >= 4 is 18.9 Å². The molecule has 0 aliphatic rings. The average Bonchev–Trinajstić information content (AvgIpc) is 1.25. The maximum absolute atomic E-state index is 2.42. The van der Waals surface area contributed by atoms with Crippen molar-refractivity contribution in [2.75, 3.05) is 12.5 Å². The van der Waals surface area contributed by atoms with E-state index in [-0.39, 0.29) is 9.48 Å². The average molecular weight is 150 g/mol. The Hall–Kier alpha value is 0.567. The van der Waals surface area contributed by atoms with E-state index in [1.54, 1.807) is 0 Å². The van der Waals surface area contributed by atoms with Crippen LogP contribution in [0.5, 0.6) is 0 Å². The third-order valence-electron chi connectivity index (χ3n) is 1.84. The summed E-state index contributed by atoms with van der Waals surface area (Å²) in [6.07, 6.45) is 4.83. The number of hydrogen-bond donors (Lipinski definition) is 0. The maximum atomic E-state index is 2.42. The van der Waals surface area contributed by atoms with E-state index in [4.69, 9.17) is 0 Å². The Balaban J connectivity index is 4.02. The van der Waals surface area contributed by atoms with Gasteiger partial charge in [-0.15, -0.1) is 0 Å². The van der Waals surface area contributed by atoms with Gasteiger partial charge >= 0.3 is 0 Å². The van der Waals surface area contributed by atoms with Crippen LogP contribution in [-0.2, 0) is 0 Å². The molecule has 0 aromatic heterocycles. The Morgan fingerprint density at radius 1 is 1.12 bits per heavy atom. The minimum Gasteiger partial charge on any atom is -0.263 e. The fraction of sp³-hybridized carbons (Fsp3) is 1.00. The van der Waals surface area contributed by atoms with Crippen molar-refractivity contribution in [3.63, 3.8) is 0 Å². The van der Waals surface area contributed by atoms with Gasteiger partial charge in [0, 0.05) is 9.39 Å². The minimum absolute atomic E-state index is 0.201. The summed E-state index contributed by atoms with van der Waals surface area (Å²) in [5.74, 6) is 0. The van der Waals surface area contributed by atoms with Crippen LogP contribution >= 0.6 is 9.48 Å². The Morgan fingerprint density at radius 2 is 1.25 bits per heavy atom. The zero-order valence-corrected chi connectivity index (χ0v) is 9.72. The molecule has 0 fully saturated rings. The van der Waals surface area contributed by atoms with Crippen molar-refractivity contribution in [3.8, 4) is 0 Å². The van der Waals surface area contributed by atoms with Crippen molar-refractivity contribution in [1.29, 1.82) is 0 Å². The lowest BCUT2D eigenvalue weighted by Gasteiger charge is -2.41. The summed E-state index contributed by atoms with van der Waals surface area (Å²) in [5.41, 5.74) is 0. The molecular weight excluding hydrogens is 132 g/mol. The molecule has 0 aliphatic heterocycles. The van der Waals surface area contributed by atoms with Gasteiger partial charge in [0.05, 0.1) is 0 Å². The van der Waals surface area contributed by atoms with Crippen molar-refractivity contribution in [3.05, 3.63) is 0 Å². The molecule has 8 heavy (non-hydrogen) atoms. The summed E-state index contributed by atoms with van der Waals surface area (Å²) in [6.45, 7) is 7.03. The predicted molar refractivity (Wildman–Crippen MR) is 49.1 cm³/mol. The standard InChI is InChI=1S/C6H18SSi/c1-6(2,3)7(4,5)8/h1-5,8H3. The van der Waals surface area contributed by atoms with E-state index in [9.17, 15) is 0 Å². The van der Waals surface area contributed by atoms with Gasteiger partial charge in [0.2, 0.25) is 0 Å². The Morgan fingerprint density at radius 3 is 1.25 bits per heavy atom. The summed E-state index contributed by atoms with van der Waals surface area (Å²) in [5, 5.41) is 0. The fourth-order valence-electron chi connectivity index (χ4n) is 0. The number of rotatable bonds is 0. The van der Waals surface area contributed by atoms with E-state index in [0.717, 1.165) is 0 Å². The molecule has 0 unspecified atom stereocenters. The Bertz CT molecular complexity index is 63.5. The van der Waals surface area contributed by atoms with Crippen LogP contribution in [0.15, 0.2) is 0 Å². The van der Waals surface area contributed by atoms with E-state index >= 15 is 0 Å². The first-order chi connectivity index (χ1) is 3.25. The molecule has 0 nitrogen and oxygen atoms in total. The molecule has 0 saturated carbocycles. The number of hydrogen-bond acceptors (Lipinski definition) is 0. The SMILES string of the molecule is CC(C)(C)S(C)(C)[SiH3]. The highest BCUT2D eigenvalue weighted by atomic mass is 32.4. The van der Waals surface area contributed by atoms with Gasteiger partial charge in [0.1, 0.15) is 0 Å². The molecule has 0 aliphatic carbocycles. The zero-order valence-electron chi connectivity index (χ0n) is 6.91. The normalized spacial score (nSPS) is 16.6. The molecule has 0 aromatic carbocycles. The van der Waals surface area contributed by atoms with Crippen LogP contribution in [0.3, 0.4) is 0 Å². The first kappa shape index (κ1) is 8.57. The van der Waals surface area contributed by atoms with Gasteiger partial charge in [0.25, 0.3) is 0 Å². The summed E-state index contributed by atoms with van der Waals surface area (Å²) in [6, 6.07) is 0. The first-order valence-electron chi connectivity index (χ1n) is 2.93. The van der Waals surface area contributed by atoms with Gasteiger partial charge in [-0.1, -0.05) is 20.8 Å². The molecule has 0 heterocycles. The molecule has 2 heteroatoms. The molecular formula is C6H18SSi. The van der Waals surface area contributed by atoms with Crippen molar-refractivity contribution in [1.82, 2.24) is 0 Å². The fourth-order valence-corrected chi connectivity index (χ4v) is 0. The lowest BCUT2D eigenvalue weighted by atomic mass is 10.3. The second kappa shape index (κ2) is 2.07. The summed E-state index contributed by atoms with van der Waals surface area (Å²) < 4.78 is 0.583. The largest absolute Gasteiger partial charge is 0.263 e. The third kappa shape index (κ3) is 2.22. The highest BCUT2D eigenvalue weighted by Gasteiger charge is 2.21. The third-order valence-corrected chi connectivity index (χ3v) is 9.19. The lowest BCUT2D eigenvalue weighted by molar-refractivity contribution is 0.796. The molecule has 0 amide bonds. The lowest BCUT2D eigenvalue weighted by Crippen LogP contribution is -2.22. The molecule has 0 spiro atoms. The van der Waals surface area contributed by atoms with E-state index in [2.05, 4.69) is 33.3 Å². The Labute approximate surface area is 57.4 Å². The highest BCUT2D eigenvalue weighted by Crippen LogP contribution is 2.47. The van der Waals surface area contributed by atoms with Gasteiger partial charge < -0.3 is 0 Å². The molecule has 52 valence electrons. The second-order valence-corrected chi connectivity index (χ2v) is 15.0. The monoisotopic (exact) mass is 150 g/mol. The van der Waals surface area contributed by atoms with Crippen molar-refractivity contribution in [2.24, 2.45) is 0 Å². The highest BCUT2D eigenvalue weighted by molar-refractivity contribution is 8.50. The predicted octanol–water partition coefficient (Wildman–Crippen LogP) is 1.13. The topological polar surface area (TPSA) is 0 Å². The van der Waals surface area contributed by atoms with Gasteiger partial charge in [-0.2, -0.15) is 0 Å². The van der Waals surface area contributed by atoms with Gasteiger partial charge in [-0.05, 0) is 17.3 Å². The molecule has 0 rings (SSSR count). The quantitative estimate of drug-likeness (QED) is 0.454. The molecule has 0 bridgehead atoms. The van der Waals surface area contributed by atoms with Crippen LogP contribution in [-0.4, -0.2) is 26.7 Å². The summed E-state index contributed by atoms with van der Waals surface area (Å²) in [4.78, 5) is 0.